The number of hydrogen-bond donors (Lipinski definition) is 1. The van der Waals surface area contributed by atoms with E-state index in [0.717, 1.165) is 4.68 Å². The normalized spacial score (nSPS) is 12.0. The molecule has 2 heterocycles. The zero-order valence-corrected chi connectivity index (χ0v) is 13.7. The Kier molecular flexibility index (Phi) is 4.47. The number of carbonyl (C=O) groups excluding carboxylic acids is 1. The fraction of sp³-hybridized carbons (Fsp3) is 0.167. The maximum absolute atomic E-state index is 13.6. The van der Waals surface area contributed by atoms with Gasteiger partial charge in [0.15, 0.2) is 5.76 Å². The molecule has 3 rings (SSSR count). The summed E-state index contributed by atoms with van der Waals surface area (Å²) < 4.78 is 19.9. The summed E-state index contributed by atoms with van der Waals surface area (Å²) in [5, 5.41) is 6.77. The van der Waals surface area contributed by atoms with E-state index in [0.29, 0.717) is 22.7 Å². The van der Waals surface area contributed by atoms with Gasteiger partial charge in [-0.2, -0.15) is 5.10 Å². The van der Waals surface area contributed by atoms with Gasteiger partial charge in [-0.3, -0.25) is 9.59 Å². The van der Waals surface area contributed by atoms with Crippen molar-refractivity contribution >= 4 is 11.6 Å². The molecule has 1 unspecified atom stereocenters. The lowest BCUT2D eigenvalue weighted by molar-refractivity contribution is -0.119. The van der Waals surface area contributed by atoms with E-state index in [1.807, 2.05) is 0 Å². The second kappa shape index (κ2) is 6.72. The third-order valence-corrected chi connectivity index (χ3v) is 3.78. The Labute approximate surface area is 142 Å². The summed E-state index contributed by atoms with van der Waals surface area (Å²) in [7, 11) is 0. The smallest absolute Gasteiger partial charge is 0.267 e. The van der Waals surface area contributed by atoms with Crippen LogP contribution < -0.4 is 10.9 Å². The van der Waals surface area contributed by atoms with E-state index in [2.05, 4.69) is 10.4 Å². The van der Waals surface area contributed by atoms with Crippen molar-refractivity contribution in [2.45, 2.75) is 19.9 Å². The zero-order valence-electron chi connectivity index (χ0n) is 13.7. The van der Waals surface area contributed by atoms with Gasteiger partial charge in [-0.25, -0.2) is 9.07 Å². The van der Waals surface area contributed by atoms with Crippen molar-refractivity contribution in [2.75, 3.05) is 5.32 Å². The third kappa shape index (κ3) is 3.50. The number of carbonyl (C=O) groups is 1. The summed E-state index contributed by atoms with van der Waals surface area (Å²) in [5.74, 6) is -0.406. The first kappa shape index (κ1) is 16.6. The molecule has 1 amide bonds. The van der Waals surface area contributed by atoms with E-state index >= 15 is 0 Å². The second-order valence-electron chi connectivity index (χ2n) is 5.61. The molecule has 0 saturated heterocycles. The minimum absolute atomic E-state index is 0.315. The number of nitrogens with zero attached hydrogens (tertiary/aromatic N) is 2. The van der Waals surface area contributed by atoms with E-state index in [1.165, 1.54) is 24.5 Å². The molecule has 3 aromatic rings. The molecule has 0 aliphatic rings. The first-order chi connectivity index (χ1) is 12.0. The number of benzene rings is 1. The van der Waals surface area contributed by atoms with Crippen LogP contribution in [0.2, 0.25) is 0 Å². The average molecular weight is 341 g/mol. The Morgan fingerprint density at radius 1 is 1.28 bits per heavy atom. The number of furan rings is 1. The Bertz CT molecular complexity index is 964. The SMILES string of the molecule is Cc1ccc(NC(=O)C(C)n2nc(-c3ccco3)ccc2=O)cc1F. The van der Waals surface area contributed by atoms with E-state index < -0.39 is 23.3 Å². The van der Waals surface area contributed by atoms with Gasteiger partial charge >= 0.3 is 0 Å². The molecule has 0 aliphatic carbocycles. The van der Waals surface area contributed by atoms with Crippen LogP contribution in [0, 0.1) is 12.7 Å². The molecule has 25 heavy (non-hydrogen) atoms. The molecule has 0 radical (unpaired) electrons. The Morgan fingerprint density at radius 3 is 2.76 bits per heavy atom. The standard InChI is InChI=1S/C18H16FN3O3/c1-11-5-6-13(10-14(11)19)20-18(24)12(2)22-17(23)8-7-15(21-22)16-4-3-9-25-16/h3-10,12H,1-2H3,(H,20,24). The van der Waals surface area contributed by atoms with Crippen LogP contribution in [0.5, 0.6) is 0 Å². The quantitative estimate of drug-likeness (QED) is 0.791. The Morgan fingerprint density at radius 2 is 2.08 bits per heavy atom. The van der Waals surface area contributed by atoms with Crippen molar-refractivity contribution in [3.8, 4) is 11.5 Å². The lowest BCUT2D eigenvalue weighted by atomic mass is 10.2. The molecule has 2 aromatic heterocycles. The molecule has 1 aromatic carbocycles. The summed E-state index contributed by atoms with van der Waals surface area (Å²) in [6.07, 6.45) is 1.49. The van der Waals surface area contributed by atoms with Gasteiger partial charge < -0.3 is 9.73 Å². The van der Waals surface area contributed by atoms with Gasteiger partial charge in [0.1, 0.15) is 17.6 Å². The fourth-order valence-corrected chi connectivity index (χ4v) is 2.29. The van der Waals surface area contributed by atoms with E-state index in [4.69, 9.17) is 4.42 Å². The van der Waals surface area contributed by atoms with Crippen molar-refractivity contribution in [2.24, 2.45) is 0 Å². The minimum atomic E-state index is -0.883. The maximum Gasteiger partial charge on any atom is 0.267 e. The van der Waals surface area contributed by atoms with Gasteiger partial charge in [0.2, 0.25) is 5.91 Å². The monoisotopic (exact) mass is 341 g/mol. The molecule has 0 spiro atoms. The summed E-state index contributed by atoms with van der Waals surface area (Å²) in [6.45, 7) is 3.17. The average Bonchev–Trinajstić information content (AvgIpc) is 3.12. The lowest BCUT2D eigenvalue weighted by Crippen LogP contribution is -2.33. The number of nitrogens with one attached hydrogen (secondary N) is 1. The fourth-order valence-electron chi connectivity index (χ4n) is 2.29. The molecule has 0 saturated carbocycles. The number of anilines is 1. The van der Waals surface area contributed by atoms with E-state index in [-0.39, 0.29) is 0 Å². The van der Waals surface area contributed by atoms with Crippen molar-refractivity contribution in [3.05, 3.63) is 70.5 Å². The molecular weight excluding hydrogens is 325 g/mol. The number of rotatable bonds is 4. The first-order valence-electron chi connectivity index (χ1n) is 7.66. The predicted octanol–water partition coefficient (Wildman–Crippen LogP) is 3.15. The van der Waals surface area contributed by atoms with Crippen LogP contribution in [-0.4, -0.2) is 15.7 Å². The highest BCUT2D eigenvalue weighted by molar-refractivity contribution is 5.93. The molecule has 1 N–H and O–H groups in total. The first-order valence-corrected chi connectivity index (χ1v) is 7.66. The van der Waals surface area contributed by atoms with Crippen LogP contribution in [-0.2, 0) is 4.79 Å². The number of aromatic nitrogens is 2. The number of hydrogen-bond acceptors (Lipinski definition) is 4. The molecule has 0 fully saturated rings. The van der Waals surface area contributed by atoms with E-state index in [1.54, 1.807) is 38.1 Å². The molecule has 6 nitrogen and oxygen atoms in total. The number of aryl methyl sites for hydroxylation is 1. The molecule has 7 heteroatoms. The highest BCUT2D eigenvalue weighted by atomic mass is 19.1. The second-order valence-corrected chi connectivity index (χ2v) is 5.61. The topological polar surface area (TPSA) is 77.1 Å². The van der Waals surface area contributed by atoms with Gasteiger partial charge in [-0.15, -0.1) is 0 Å². The van der Waals surface area contributed by atoms with E-state index in [9.17, 15) is 14.0 Å². The Balaban J connectivity index is 1.85. The largest absolute Gasteiger partial charge is 0.463 e. The maximum atomic E-state index is 13.6. The van der Waals surface area contributed by atoms with Gasteiger partial charge in [0.05, 0.1) is 6.26 Å². The predicted molar refractivity (Wildman–Crippen MR) is 90.7 cm³/mol. The van der Waals surface area contributed by atoms with Crippen LogP contribution in [0.3, 0.4) is 0 Å². The van der Waals surface area contributed by atoms with Gasteiger partial charge in [-0.1, -0.05) is 6.07 Å². The summed E-state index contributed by atoms with van der Waals surface area (Å²) >= 11 is 0. The van der Waals surface area contributed by atoms with Crippen molar-refractivity contribution in [3.63, 3.8) is 0 Å². The Hall–Kier alpha value is -3.22. The number of amides is 1. The van der Waals surface area contributed by atoms with Crippen LogP contribution in [0.1, 0.15) is 18.5 Å². The molecule has 0 bridgehead atoms. The lowest BCUT2D eigenvalue weighted by Gasteiger charge is -2.15. The van der Waals surface area contributed by atoms with Crippen LogP contribution >= 0.6 is 0 Å². The minimum Gasteiger partial charge on any atom is -0.463 e. The molecule has 1 atom stereocenters. The van der Waals surface area contributed by atoms with Crippen molar-refractivity contribution < 1.29 is 13.6 Å². The summed E-state index contributed by atoms with van der Waals surface area (Å²) in [6, 6.07) is 9.77. The van der Waals surface area contributed by atoms with Gasteiger partial charge in [-0.05, 0) is 49.7 Å². The summed E-state index contributed by atoms with van der Waals surface area (Å²) in [4.78, 5) is 24.5. The van der Waals surface area contributed by atoms with Crippen molar-refractivity contribution in [1.82, 2.24) is 9.78 Å². The van der Waals surface area contributed by atoms with Crippen LogP contribution in [0.4, 0.5) is 10.1 Å². The molecule has 0 aliphatic heterocycles. The van der Waals surface area contributed by atoms with Crippen LogP contribution in [0.25, 0.3) is 11.5 Å². The van der Waals surface area contributed by atoms with Gasteiger partial charge in [0, 0.05) is 11.8 Å². The highest BCUT2D eigenvalue weighted by Crippen LogP contribution is 2.18. The molecular formula is C18H16FN3O3. The molecule has 128 valence electrons. The zero-order chi connectivity index (χ0) is 18.0. The van der Waals surface area contributed by atoms with Gasteiger partial charge in [0.25, 0.3) is 5.56 Å². The van der Waals surface area contributed by atoms with Crippen LogP contribution in [0.15, 0.2) is 57.9 Å². The van der Waals surface area contributed by atoms with Crippen molar-refractivity contribution in [1.29, 1.82) is 0 Å². The summed E-state index contributed by atoms with van der Waals surface area (Å²) in [5.41, 5.74) is 0.809. The third-order valence-electron chi connectivity index (χ3n) is 3.78. The highest BCUT2D eigenvalue weighted by Gasteiger charge is 2.19. The number of halogens is 1.